The molecule has 0 aromatic heterocycles. The third-order valence-corrected chi connectivity index (χ3v) is 5.46. The smallest absolute Gasteiger partial charge is 0.180 e. The fourth-order valence-corrected chi connectivity index (χ4v) is 4.09. The molecule has 0 atom stereocenters. The molecule has 2 aromatic rings. The maximum absolute atomic E-state index is 12.3. The minimum absolute atomic E-state index is 0.221. The summed E-state index contributed by atoms with van der Waals surface area (Å²) in [6.07, 6.45) is 3.13. The number of benzene rings is 2. The number of azo groups is 1. The molecule has 2 heterocycles. The van der Waals surface area contributed by atoms with Crippen molar-refractivity contribution in [1.82, 2.24) is 0 Å². The van der Waals surface area contributed by atoms with Crippen molar-refractivity contribution >= 4 is 15.7 Å². The van der Waals surface area contributed by atoms with Crippen molar-refractivity contribution in [2.24, 2.45) is 15.2 Å². The minimum Gasteiger partial charge on any atom is -0.493 e. The highest BCUT2D eigenvalue weighted by Crippen LogP contribution is 2.34. The second-order valence-electron chi connectivity index (χ2n) is 6.09. The Morgan fingerprint density at radius 3 is 2.80 bits per heavy atom. The minimum atomic E-state index is -3.43. The lowest BCUT2D eigenvalue weighted by atomic mass is 9.95. The van der Waals surface area contributed by atoms with Crippen LogP contribution in [0.1, 0.15) is 17.5 Å². The van der Waals surface area contributed by atoms with Gasteiger partial charge in [0.15, 0.2) is 22.3 Å². The van der Waals surface area contributed by atoms with Crippen molar-refractivity contribution in [3.05, 3.63) is 47.5 Å². The van der Waals surface area contributed by atoms with Gasteiger partial charge >= 0.3 is 0 Å². The van der Waals surface area contributed by atoms with Gasteiger partial charge in [0, 0.05) is 11.8 Å². The van der Waals surface area contributed by atoms with E-state index in [1.165, 1.54) is 6.26 Å². The highest BCUT2D eigenvalue weighted by molar-refractivity contribution is 7.90. The van der Waals surface area contributed by atoms with Gasteiger partial charge in [-0.25, -0.2) is 13.4 Å². The summed E-state index contributed by atoms with van der Waals surface area (Å²) in [6.45, 7) is 0.962. The van der Waals surface area contributed by atoms with Crippen molar-refractivity contribution in [1.29, 1.82) is 0 Å². The fraction of sp³-hybridized carbons (Fsp3) is 0.278. The SMILES string of the molecule is CS(=O)(=O)c1cccc(-c2ccc3c(c2)CCCO3)c1C1=NCN=N1. The molecule has 0 amide bonds. The fourth-order valence-electron chi connectivity index (χ4n) is 3.20. The number of amidine groups is 1. The summed E-state index contributed by atoms with van der Waals surface area (Å²) >= 11 is 0. The van der Waals surface area contributed by atoms with E-state index in [2.05, 4.69) is 21.3 Å². The van der Waals surface area contributed by atoms with E-state index in [0.717, 1.165) is 41.9 Å². The van der Waals surface area contributed by atoms with E-state index < -0.39 is 9.84 Å². The van der Waals surface area contributed by atoms with Gasteiger partial charge in [-0.2, -0.15) is 5.11 Å². The van der Waals surface area contributed by atoms with Gasteiger partial charge in [-0.15, -0.1) is 5.11 Å². The third-order valence-electron chi connectivity index (χ3n) is 4.32. The predicted molar refractivity (Wildman–Crippen MR) is 95.1 cm³/mol. The van der Waals surface area contributed by atoms with Crippen LogP contribution in [0.5, 0.6) is 5.75 Å². The molecule has 4 rings (SSSR count). The molecule has 2 aliphatic heterocycles. The van der Waals surface area contributed by atoms with Crippen molar-refractivity contribution in [3.63, 3.8) is 0 Å². The van der Waals surface area contributed by atoms with E-state index in [1.54, 1.807) is 12.1 Å². The number of aliphatic imine (C=N–C) groups is 1. The molecule has 0 saturated carbocycles. The summed E-state index contributed by atoms with van der Waals surface area (Å²) in [4.78, 5) is 4.47. The van der Waals surface area contributed by atoms with Gasteiger partial charge in [-0.05, 0) is 47.7 Å². The molecule has 0 spiro atoms. The summed E-state index contributed by atoms with van der Waals surface area (Å²) in [7, 11) is -3.43. The van der Waals surface area contributed by atoms with Crippen LogP contribution >= 0.6 is 0 Å². The van der Waals surface area contributed by atoms with E-state index >= 15 is 0 Å². The van der Waals surface area contributed by atoms with Crippen molar-refractivity contribution in [2.75, 3.05) is 19.5 Å². The lowest BCUT2D eigenvalue weighted by Crippen LogP contribution is -2.10. The van der Waals surface area contributed by atoms with Gasteiger partial charge in [-0.3, -0.25) is 0 Å². The molecule has 7 heteroatoms. The Bertz CT molecular complexity index is 1010. The standard InChI is InChI=1S/C18H17N3O3S/c1-25(22,23)16-6-2-5-14(17(16)18-19-11-20-21-18)12-7-8-15-13(10-12)4-3-9-24-15/h2,5-8,10H,3-4,9,11H2,1H3. The van der Waals surface area contributed by atoms with Crippen LogP contribution in [-0.4, -0.2) is 33.8 Å². The van der Waals surface area contributed by atoms with Crippen LogP contribution in [0.2, 0.25) is 0 Å². The van der Waals surface area contributed by atoms with Crippen LogP contribution in [0, 0.1) is 0 Å². The number of rotatable bonds is 3. The topological polar surface area (TPSA) is 80.5 Å². The zero-order chi connectivity index (χ0) is 17.4. The van der Waals surface area contributed by atoms with Crippen molar-refractivity contribution in [2.45, 2.75) is 17.7 Å². The molecule has 25 heavy (non-hydrogen) atoms. The number of aryl methyl sites for hydroxylation is 1. The Morgan fingerprint density at radius 2 is 2.04 bits per heavy atom. The van der Waals surface area contributed by atoms with Crippen LogP contribution in [0.3, 0.4) is 0 Å². The Kier molecular flexibility index (Phi) is 3.88. The molecule has 0 saturated heterocycles. The van der Waals surface area contributed by atoms with Crippen molar-refractivity contribution in [3.8, 4) is 16.9 Å². The summed E-state index contributed by atoms with van der Waals surface area (Å²) in [6, 6.07) is 11.2. The zero-order valence-electron chi connectivity index (χ0n) is 13.8. The molecule has 2 aliphatic rings. The first-order chi connectivity index (χ1) is 12.0. The van der Waals surface area contributed by atoms with E-state index in [-0.39, 0.29) is 11.6 Å². The lowest BCUT2D eigenvalue weighted by Gasteiger charge is -2.19. The number of nitrogens with zero attached hydrogens (tertiary/aromatic N) is 3. The Morgan fingerprint density at radius 1 is 1.16 bits per heavy atom. The number of ether oxygens (including phenoxy) is 1. The summed E-state index contributed by atoms with van der Waals surface area (Å²) in [5.41, 5.74) is 3.36. The van der Waals surface area contributed by atoms with Gasteiger partial charge in [0.1, 0.15) is 5.75 Å². The normalized spacial score (nSPS) is 16.3. The average Bonchev–Trinajstić information content (AvgIpc) is 3.14. The van der Waals surface area contributed by atoms with Crippen molar-refractivity contribution < 1.29 is 13.2 Å². The predicted octanol–water partition coefficient (Wildman–Crippen LogP) is 3.25. The molecule has 0 bridgehead atoms. The molecule has 0 N–H and O–H groups in total. The average molecular weight is 355 g/mol. The number of fused-ring (bicyclic) bond motifs is 1. The van der Waals surface area contributed by atoms with Crippen LogP contribution in [-0.2, 0) is 16.3 Å². The second kappa shape index (κ2) is 6.07. The first kappa shape index (κ1) is 16.0. The molecule has 0 aliphatic carbocycles. The number of sulfone groups is 1. The molecule has 0 fully saturated rings. The van der Waals surface area contributed by atoms with Crippen LogP contribution in [0.15, 0.2) is 56.5 Å². The third kappa shape index (κ3) is 2.95. The van der Waals surface area contributed by atoms with E-state index in [4.69, 9.17) is 4.74 Å². The van der Waals surface area contributed by atoms with Crippen LogP contribution in [0.25, 0.3) is 11.1 Å². The molecule has 128 valence electrons. The van der Waals surface area contributed by atoms with E-state index in [1.807, 2.05) is 18.2 Å². The van der Waals surface area contributed by atoms with Gasteiger partial charge in [0.25, 0.3) is 0 Å². The Hall–Kier alpha value is -2.54. The number of hydrogen-bond donors (Lipinski definition) is 0. The zero-order valence-corrected chi connectivity index (χ0v) is 14.6. The molecule has 2 aromatic carbocycles. The maximum atomic E-state index is 12.3. The van der Waals surface area contributed by atoms with Gasteiger partial charge in [0.2, 0.25) is 0 Å². The molecule has 6 nitrogen and oxygen atoms in total. The van der Waals surface area contributed by atoms with Crippen LogP contribution < -0.4 is 4.74 Å². The highest BCUT2D eigenvalue weighted by atomic mass is 32.2. The Balaban J connectivity index is 1.95. The van der Waals surface area contributed by atoms with Crippen LogP contribution in [0.4, 0.5) is 0 Å². The molecular formula is C18H17N3O3S. The first-order valence-corrected chi connectivity index (χ1v) is 9.95. The second-order valence-corrected chi connectivity index (χ2v) is 8.07. The molecule has 0 radical (unpaired) electrons. The first-order valence-electron chi connectivity index (χ1n) is 8.05. The molecular weight excluding hydrogens is 338 g/mol. The largest absolute Gasteiger partial charge is 0.493 e. The van der Waals surface area contributed by atoms with E-state index in [0.29, 0.717) is 11.4 Å². The summed E-state index contributed by atoms with van der Waals surface area (Å²) < 4.78 is 30.2. The van der Waals surface area contributed by atoms with Gasteiger partial charge < -0.3 is 4.74 Å². The monoisotopic (exact) mass is 355 g/mol. The Labute approximate surface area is 146 Å². The quantitative estimate of drug-likeness (QED) is 0.847. The molecule has 0 unspecified atom stereocenters. The van der Waals surface area contributed by atoms with E-state index in [9.17, 15) is 8.42 Å². The van der Waals surface area contributed by atoms with Gasteiger partial charge in [-0.1, -0.05) is 18.2 Å². The highest BCUT2D eigenvalue weighted by Gasteiger charge is 2.23. The summed E-state index contributed by atoms with van der Waals surface area (Å²) in [5, 5.41) is 7.92. The van der Waals surface area contributed by atoms with Gasteiger partial charge in [0.05, 0.1) is 11.5 Å². The lowest BCUT2D eigenvalue weighted by molar-refractivity contribution is 0.288. The summed E-state index contributed by atoms with van der Waals surface area (Å²) in [5.74, 6) is 1.26. The number of hydrogen-bond acceptors (Lipinski definition) is 6. The maximum Gasteiger partial charge on any atom is 0.180 e.